The summed E-state index contributed by atoms with van der Waals surface area (Å²) in [5.74, 6) is 1.19. The molecule has 0 radical (unpaired) electrons. The highest BCUT2D eigenvalue weighted by atomic mass is 35.7. The molecule has 0 aliphatic carbocycles. The smallest absolute Gasteiger partial charge is 0.372 e. The third kappa shape index (κ3) is 11.0. The lowest BCUT2D eigenvalue weighted by Crippen LogP contribution is -2.31. The Labute approximate surface area is 104 Å². The van der Waals surface area contributed by atoms with E-state index in [1.165, 1.54) is 0 Å². The Hall–Kier alpha value is 0.717. The molecule has 0 bridgehead atoms. The highest BCUT2D eigenvalue weighted by molar-refractivity contribution is 7.39. The molecule has 0 rings (SSSR count). The monoisotopic (exact) mass is 272 g/mol. The Kier molecular flexibility index (Phi) is 8.28. The van der Waals surface area contributed by atoms with Crippen LogP contribution in [0.2, 0.25) is 0 Å². The molecule has 0 amide bonds. The van der Waals surface area contributed by atoms with E-state index in [9.17, 15) is 0 Å². The Morgan fingerprint density at radius 3 is 1.47 bits per heavy atom. The van der Waals surface area contributed by atoms with Gasteiger partial charge in [-0.2, -0.15) is 0 Å². The highest BCUT2D eigenvalue weighted by Gasteiger charge is 2.33. The average Bonchev–Trinajstić information content (AvgIpc) is 2.01. The molecular weight excluding hydrogens is 251 g/mol. The van der Waals surface area contributed by atoms with Gasteiger partial charge in [-0.15, -0.1) is 0 Å². The van der Waals surface area contributed by atoms with Crippen LogP contribution in [0.3, 0.4) is 0 Å². The number of hydrogen-bond acceptors (Lipinski definition) is 2. The van der Waals surface area contributed by atoms with Gasteiger partial charge >= 0.3 is 7.18 Å². The summed E-state index contributed by atoms with van der Waals surface area (Å²) in [7, 11) is -2.89. The van der Waals surface area contributed by atoms with Gasteiger partial charge in [0.05, 0.1) is 0 Å². The molecule has 0 aliphatic rings. The van der Waals surface area contributed by atoms with Crippen molar-refractivity contribution in [2.75, 3.05) is 13.2 Å². The molecule has 0 aromatic carbocycles. The van der Waals surface area contributed by atoms with Crippen molar-refractivity contribution in [3.8, 4) is 0 Å². The molecule has 0 atom stereocenters. The van der Waals surface area contributed by atoms with Crippen LogP contribution in [0.25, 0.3) is 0 Å². The van der Waals surface area contributed by atoms with E-state index in [1.807, 2.05) is 0 Å². The fourth-order valence-electron chi connectivity index (χ4n) is 0.869. The zero-order chi connectivity index (χ0) is 11.9. The van der Waals surface area contributed by atoms with Crippen LogP contribution < -0.4 is 0 Å². The van der Waals surface area contributed by atoms with Crippen molar-refractivity contribution in [1.29, 1.82) is 0 Å². The maximum absolute atomic E-state index is 5.96. The van der Waals surface area contributed by atoms with E-state index in [-0.39, 0.29) is 0 Å². The normalized spacial score (nSPS) is 12.8. The molecule has 0 N–H and O–H groups in total. The minimum atomic E-state index is -2.89. The molecule has 15 heavy (non-hydrogen) atoms. The van der Waals surface area contributed by atoms with E-state index in [0.717, 1.165) is 12.8 Å². The SMILES string of the molecule is CC(C)CCO[Si](Cl)(Cl)OCCC(C)C. The fourth-order valence-corrected chi connectivity index (χ4v) is 2.59. The Bertz CT molecular complexity index is 148. The highest BCUT2D eigenvalue weighted by Crippen LogP contribution is 2.20. The molecule has 0 aliphatic heterocycles. The molecule has 92 valence electrons. The van der Waals surface area contributed by atoms with Crippen LogP contribution in [-0.4, -0.2) is 20.4 Å². The lowest BCUT2D eigenvalue weighted by molar-refractivity contribution is 0.187. The first-order valence-corrected chi connectivity index (χ1v) is 9.33. The summed E-state index contributed by atoms with van der Waals surface area (Å²) < 4.78 is 10.7. The summed E-state index contributed by atoms with van der Waals surface area (Å²) in [5.41, 5.74) is 0. The second-order valence-corrected chi connectivity index (χ2v) is 9.60. The van der Waals surface area contributed by atoms with E-state index in [2.05, 4.69) is 27.7 Å². The lowest BCUT2D eigenvalue weighted by atomic mass is 10.2. The standard InChI is InChI=1S/C10H22Cl2O2Si/c1-9(2)5-7-13-15(11,12)14-8-6-10(3)4/h9-10H,5-8H2,1-4H3. The van der Waals surface area contributed by atoms with Crippen molar-refractivity contribution in [2.24, 2.45) is 11.8 Å². The van der Waals surface area contributed by atoms with Gasteiger partial charge in [-0.3, -0.25) is 0 Å². The van der Waals surface area contributed by atoms with Crippen molar-refractivity contribution >= 4 is 29.3 Å². The molecule has 0 fully saturated rings. The third-order valence-corrected chi connectivity index (χ3v) is 4.32. The zero-order valence-corrected chi connectivity index (χ0v) is 12.6. The molecule has 0 saturated heterocycles. The molecule has 0 aromatic rings. The zero-order valence-electron chi connectivity index (χ0n) is 10.1. The molecule has 0 unspecified atom stereocenters. The molecule has 0 aromatic heterocycles. The van der Waals surface area contributed by atoms with Crippen molar-refractivity contribution < 1.29 is 8.85 Å². The summed E-state index contributed by atoms with van der Waals surface area (Å²) in [4.78, 5) is 0. The summed E-state index contributed by atoms with van der Waals surface area (Å²) in [6.07, 6.45) is 1.92. The number of halogens is 2. The predicted molar refractivity (Wildman–Crippen MR) is 68.3 cm³/mol. The number of hydrogen-bond donors (Lipinski definition) is 0. The van der Waals surface area contributed by atoms with Crippen LogP contribution in [0.4, 0.5) is 0 Å². The molecule has 5 heteroatoms. The topological polar surface area (TPSA) is 18.5 Å². The van der Waals surface area contributed by atoms with Crippen molar-refractivity contribution in [2.45, 2.75) is 40.5 Å². The van der Waals surface area contributed by atoms with Gasteiger partial charge < -0.3 is 8.85 Å². The maximum atomic E-state index is 5.96. The van der Waals surface area contributed by atoms with E-state index in [4.69, 9.17) is 31.0 Å². The summed E-state index contributed by atoms with van der Waals surface area (Å²) in [6.45, 7) is 9.70. The third-order valence-electron chi connectivity index (χ3n) is 1.93. The van der Waals surface area contributed by atoms with Crippen LogP contribution in [0, 0.1) is 11.8 Å². The van der Waals surface area contributed by atoms with Crippen molar-refractivity contribution in [3.63, 3.8) is 0 Å². The van der Waals surface area contributed by atoms with Crippen LogP contribution in [-0.2, 0) is 8.85 Å². The van der Waals surface area contributed by atoms with Gasteiger partial charge in [0.2, 0.25) is 0 Å². The number of rotatable bonds is 8. The Morgan fingerprint density at radius 1 is 0.867 bits per heavy atom. The van der Waals surface area contributed by atoms with E-state index < -0.39 is 7.18 Å². The van der Waals surface area contributed by atoms with Gasteiger partial charge in [0.15, 0.2) is 0 Å². The fraction of sp³-hybridized carbons (Fsp3) is 1.00. The van der Waals surface area contributed by atoms with Gasteiger partial charge in [0, 0.05) is 13.2 Å². The second-order valence-electron chi connectivity index (χ2n) is 4.53. The second kappa shape index (κ2) is 7.90. The maximum Gasteiger partial charge on any atom is 0.551 e. The minimum absolute atomic E-state index is 0.582. The van der Waals surface area contributed by atoms with Crippen LogP contribution in [0.5, 0.6) is 0 Å². The molecular formula is C10H22Cl2O2Si. The molecule has 0 spiro atoms. The summed E-state index contributed by atoms with van der Waals surface area (Å²) >= 11 is 11.9. The molecule has 0 heterocycles. The van der Waals surface area contributed by atoms with Gasteiger partial charge in [-0.05, 0) is 24.7 Å². The summed E-state index contributed by atoms with van der Waals surface area (Å²) in [6, 6.07) is 0. The van der Waals surface area contributed by atoms with Gasteiger partial charge in [-0.25, -0.2) is 0 Å². The van der Waals surface area contributed by atoms with Crippen LogP contribution >= 0.6 is 22.2 Å². The van der Waals surface area contributed by atoms with E-state index >= 15 is 0 Å². The Morgan fingerprint density at radius 2 is 1.20 bits per heavy atom. The largest absolute Gasteiger partial charge is 0.551 e. The molecule has 2 nitrogen and oxygen atoms in total. The van der Waals surface area contributed by atoms with Crippen molar-refractivity contribution in [3.05, 3.63) is 0 Å². The average molecular weight is 273 g/mol. The van der Waals surface area contributed by atoms with Crippen molar-refractivity contribution in [1.82, 2.24) is 0 Å². The first kappa shape index (κ1) is 15.7. The minimum Gasteiger partial charge on any atom is -0.372 e. The van der Waals surface area contributed by atoms with Gasteiger partial charge in [0.25, 0.3) is 0 Å². The van der Waals surface area contributed by atoms with Crippen LogP contribution in [0.1, 0.15) is 40.5 Å². The first-order chi connectivity index (χ1) is 6.83. The predicted octanol–water partition coefficient (Wildman–Crippen LogP) is 4.03. The summed E-state index contributed by atoms with van der Waals surface area (Å²) in [5, 5.41) is 0. The van der Waals surface area contributed by atoms with Gasteiger partial charge in [0.1, 0.15) is 0 Å². The van der Waals surface area contributed by atoms with E-state index in [0.29, 0.717) is 25.0 Å². The quantitative estimate of drug-likeness (QED) is 0.491. The van der Waals surface area contributed by atoms with Crippen LogP contribution in [0.15, 0.2) is 0 Å². The molecule has 0 saturated carbocycles. The first-order valence-electron chi connectivity index (χ1n) is 5.49. The van der Waals surface area contributed by atoms with E-state index in [1.54, 1.807) is 0 Å². The lowest BCUT2D eigenvalue weighted by Gasteiger charge is -2.18. The van der Waals surface area contributed by atoms with Gasteiger partial charge in [-0.1, -0.05) is 49.9 Å². The Balaban J connectivity index is 3.57.